The molecule has 0 atom stereocenters. The van der Waals surface area contributed by atoms with E-state index >= 15 is 0 Å². The van der Waals surface area contributed by atoms with Crippen LogP contribution in [0.15, 0.2) is 24.3 Å². The highest BCUT2D eigenvalue weighted by atomic mass is 16.1. The topological polar surface area (TPSA) is 55.1 Å². The van der Waals surface area contributed by atoms with Crippen LogP contribution >= 0.6 is 0 Å². The summed E-state index contributed by atoms with van der Waals surface area (Å²) in [6.45, 7) is 0. The summed E-state index contributed by atoms with van der Waals surface area (Å²) in [6, 6.07) is 7.53. The number of nitrogens with one attached hydrogen (secondary N) is 1. The van der Waals surface area contributed by atoms with Gasteiger partial charge in [-0.05, 0) is 25.0 Å². The lowest BCUT2D eigenvalue weighted by Crippen LogP contribution is -2.32. The summed E-state index contributed by atoms with van der Waals surface area (Å²) in [5.74, 6) is -0.0417. The number of carbonyl (C=O) groups is 1. The Bertz CT molecular complexity index is 356. The average Bonchev–Trinajstić information content (AvgIpc) is 2.71. The number of benzene rings is 1. The van der Waals surface area contributed by atoms with Crippen molar-refractivity contribution < 1.29 is 4.79 Å². The molecular formula is C12H16N2O. The summed E-state index contributed by atoms with van der Waals surface area (Å²) in [7, 11) is 0. The average molecular weight is 204 g/mol. The van der Waals surface area contributed by atoms with Crippen LogP contribution < -0.4 is 11.1 Å². The fourth-order valence-corrected chi connectivity index (χ4v) is 2.04. The lowest BCUT2D eigenvalue weighted by Gasteiger charge is -2.12. The largest absolute Gasteiger partial charge is 0.398 e. The Morgan fingerprint density at radius 3 is 2.60 bits per heavy atom. The molecule has 1 saturated carbocycles. The molecule has 0 aliphatic heterocycles. The summed E-state index contributed by atoms with van der Waals surface area (Å²) in [6.07, 6.45) is 4.63. The lowest BCUT2D eigenvalue weighted by atomic mass is 10.1. The van der Waals surface area contributed by atoms with E-state index < -0.39 is 0 Å². The number of hydrogen-bond acceptors (Lipinski definition) is 2. The molecule has 2 rings (SSSR count). The minimum absolute atomic E-state index is 0.0417. The molecule has 1 amide bonds. The molecule has 0 spiro atoms. The van der Waals surface area contributed by atoms with E-state index in [1.54, 1.807) is 12.1 Å². The maximum atomic E-state index is 11.8. The summed E-state index contributed by atoms with van der Waals surface area (Å²) in [4.78, 5) is 11.8. The molecule has 3 nitrogen and oxygen atoms in total. The molecule has 1 aromatic rings. The highest BCUT2D eigenvalue weighted by molar-refractivity contribution is 5.99. The van der Waals surface area contributed by atoms with Crippen molar-refractivity contribution in [3.8, 4) is 0 Å². The van der Waals surface area contributed by atoms with E-state index in [1.807, 2.05) is 12.1 Å². The minimum Gasteiger partial charge on any atom is -0.398 e. The van der Waals surface area contributed by atoms with Crippen molar-refractivity contribution in [2.45, 2.75) is 31.7 Å². The van der Waals surface area contributed by atoms with Crippen molar-refractivity contribution >= 4 is 11.6 Å². The molecule has 3 heteroatoms. The van der Waals surface area contributed by atoms with Crippen LogP contribution in [-0.4, -0.2) is 11.9 Å². The molecule has 1 fully saturated rings. The Labute approximate surface area is 89.7 Å². The van der Waals surface area contributed by atoms with Crippen LogP contribution in [0, 0.1) is 0 Å². The van der Waals surface area contributed by atoms with Crippen LogP contribution in [0.5, 0.6) is 0 Å². The van der Waals surface area contributed by atoms with Crippen LogP contribution in [0.3, 0.4) is 0 Å². The zero-order valence-corrected chi connectivity index (χ0v) is 8.70. The first kappa shape index (κ1) is 10.0. The second-order valence-electron chi connectivity index (χ2n) is 4.04. The molecule has 0 saturated heterocycles. The quantitative estimate of drug-likeness (QED) is 0.723. The van der Waals surface area contributed by atoms with Gasteiger partial charge in [0.25, 0.3) is 5.91 Å². The van der Waals surface area contributed by atoms with E-state index in [9.17, 15) is 4.79 Å². The molecule has 0 bridgehead atoms. The second-order valence-corrected chi connectivity index (χ2v) is 4.04. The molecule has 0 radical (unpaired) electrons. The van der Waals surface area contributed by atoms with E-state index in [4.69, 9.17) is 5.73 Å². The molecule has 0 aromatic heterocycles. The van der Waals surface area contributed by atoms with Crippen LogP contribution in [0.4, 0.5) is 5.69 Å². The summed E-state index contributed by atoms with van der Waals surface area (Å²) in [5, 5.41) is 3.02. The Morgan fingerprint density at radius 2 is 1.93 bits per heavy atom. The maximum Gasteiger partial charge on any atom is 0.253 e. The zero-order valence-electron chi connectivity index (χ0n) is 8.70. The van der Waals surface area contributed by atoms with E-state index in [2.05, 4.69) is 5.32 Å². The summed E-state index contributed by atoms with van der Waals surface area (Å²) < 4.78 is 0. The number of carbonyl (C=O) groups excluding carboxylic acids is 1. The number of rotatable bonds is 2. The Hall–Kier alpha value is -1.51. The van der Waals surface area contributed by atoms with Gasteiger partial charge in [0.15, 0.2) is 0 Å². The van der Waals surface area contributed by atoms with E-state index in [1.165, 1.54) is 12.8 Å². The van der Waals surface area contributed by atoms with Gasteiger partial charge in [-0.3, -0.25) is 4.79 Å². The standard InChI is InChI=1S/C12H16N2O/c13-11-8-4-3-7-10(11)12(15)14-9-5-1-2-6-9/h3-4,7-9H,1-2,5-6,13H2,(H,14,15). The molecule has 1 aliphatic carbocycles. The van der Waals surface area contributed by atoms with Crippen molar-refractivity contribution in [1.29, 1.82) is 0 Å². The molecule has 0 unspecified atom stereocenters. The van der Waals surface area contributed by atoms with Crippen molar-refractivity contribution in [1.82, 2.24) is 5.32 Å². The fourth-order valence-electron chi connectivity index (χ4n) is 2.04. The second kappa shape index (κ2) is 4.34. The van der Waals surface area contributed by atoms with Crippen molar-refractivity contribution in [3.05, 3.63) is 29.8 Å². The molecular weight excluding hydrogens is 188 g/mol. The number of anilines is 1. The van der Waals surface area contributed by atoms with Crippen molar-refractivity contribution in [2.24, 2.45) is 0 Å². The van der Waals surface area contributed by atoms with E-state index in [-0.39, 0.29) is 5.91 Å². The highest BCUT2D eigenvalue weighted by Gasteiger charge is 2.18. The summed E-state index contributed by atoms with van der Waals surface area (Å²) in [5.41, 5.74) is 6.87. The van der Waals surface area contributed by atoms with Crippen LogP contribution in [-0.2, 0) is 0 Å². The third kappa shape index (κ3) is 2.29. The molecule has 15 heavy (non-hydrogen) atoms. The number of nitrogen functional groups attached to an aromatic ring is 1. The third-order valence-electron chi connectivity index (χ3n) is 2.90. The Morgan fingerprint density at radius 1 is 1.27 bits per heavy atom. The predicted octanol–water partition coefficient (Wildman–Crippen LogP) is 1.94. The van der Waals surface area contributed by atoms with Gasteiger partial charge in [0.2, 0.25) is 0 Å². The van der Waals surface area contributed by atoms with E-state index in [0.29, 0.717) is 17.3 Å². The van der Waals surface area contributed by atoms with Crippen LogP contribution in [0.25, 0.3) is 0 Å². The van der Waals surface area contributed by atoms with Crippen molar-refractivity contribution in [2.75, 3.05) is 5.73 Å². The normalized spacial score (nSPS) is 16.5. The number of nitrogens with two attached hydrogens (primary N) is 1. The zero-order chi connectivity index (χ0) is 10.7. The third-order valence-corrected chi connectivity index (χ3v) is 2.90. The van der Waals surface area contributed by atoms with Crippen molar-refractivity contribution in [3.63, 3.8) is 0 Å². The van der Waals surface area contributed by atoms with Crippen LogP contribution in [0.1, 0.15) is 36.0 Å². The van der Waals surface area contributed by atoms with Gasteiger partial charge < -0.3 is 11.1 Å². The molecule has 80 valence electrons. The summed E-state index contributed by atoms with van der Waals surface area (Å²) >= 11 is 0. The Kier molecular flexibility index (Phi) is 2.90. The first-order chi connectivity index (χ1) is 7.27. The van der Waals surface area contributed by atoms with Gasteiger partial charge in [0.05, 0.1) is 5.56 Å². The number of para-hydroxylation sites is 1. The first-order valence-corrected chi connectivity index (χ1v) is 5.43. The predicted molar refractivity (Wildman–Crippen MR) is 60.6 cm³/mol. The number of hydrogen-bond donors (Lipinski definition) is 2. The van der Waals surface area contributed by atoms with E-state index in [0.717, 1.165) is 12.8 Å². The Balaban J connectivity index is 2.04. The van der Waals surface area contributed by atoms with Gasteiger partial charge in [0.1, 0.15) is 0 Å². The molecule has 1 aromatic carbocycles. The highest BCUT2D eigenvalue weighted by Crippen LogP contribution is 2.19. The SMILES string of the molecule is Nc1ccccc1C(=O)NC1CCCC1. The van der Waals surface area contributed by atoms with Gasteiger partial charge in [0, 0.05) is 11.7 Å². The maximum absolute atomic E-state index is 11.8. The smallest absolute Gasteiger partial charge is 0.253 e. The lowest BCUT2D eigenvalue weighted by molar-refractivity contribution is 0.0939. The first-order valence-electron chi connectivity index (χ1n) is 5.43. The fraction of sp³-hybridized carbons (Fsp3) is 0.417. The number of amides is 1. The molecule has 3 N–H and O–H groups in total. The van der Waals surface area contributed by atoms with Gasteiger partial charge in [-0.1, -0.05) is 25.0 Å². The molecule has 1 aliphatic rings. The van der Waals surface area contributed by atoms with Gasteiger partial charge >= 0.3 is 0 Å². The van der Waals surface area contributed by atoms with Gasteiger partial charge in [-0.15, -0.1) is 0 Å². The minimum atomic E-state index is -0.0417. The monoisotopic (exact) mass is 204 g/mol. The van der Waals surface area contributed by atoms with Crippen LogP contribution in [0.2, 0.25) is 0 Å². The van der Waals surface area contributed by atoms with Gasteiger partial charge in [-0.25, -0.2) is 0 Å². The molecule has 0 heterocycles. The van der Waals surface area contributed by atoms with Gasteiger partial charge in [-0.2, -0.15) is 0 Å².